The highest BCUT2D eigenvalue weighted by Crippen LogP contribution is 2.23. The molecule has 3 N–H and O–H groups in total. The summed E-state index contributed by atoms with van der Waals surface area (Å²) in [5.74, 6) is 0.115. The summed E-state index contributed by atoms with van der Waals surface area (Å²) in [6, 6.07) is 12.4. The van der Waals surface area contributed by atoms with Gasteiger partial charge in [0.1, 0.15) is 22.6 Å². The second-order valence-corrected chi connectivity index (χ2v) is 10.6. The number of amides is 3. The Balaban J connectivity index is 0.000000208. The van der Waals surface area contributed by atoms with Crippen LogP contribution in [0.4, 0.5) is 10.1 Å². The second kappa shape index (κ2) is 14.8. The predicted molar refractivity (Wildman–Crippen MR) is 156 cm³/mol. The van der Waals surface area contributed by atoms with Crippen molar-refractivity contribution in [2.75, 3.05) is 5.32 Å². The molecule has 3 amide bonds. The minimum absolute atomic E-state index is 0.000511. The summed E-state index contributed by atoms with van der Waals surface area (Å²) in [5, 5.41) is 23.5. The number of amidine groups is 2. The number of anilines is 1. The topological polar surface area (TPSA) is 163 Å². The van der Waals surface area contributed by atoms with Crippen LogP contribution in [0, 0.1) is 5.82 Å². The molecule has 12 nitrogen and oxygen atoms in total. The smallest absolute Gasteiger partial charge is 0.240 e. The van der Waals surface area contributed by atoms with Crippen LogP contribution in [0.15, 0.2) is 90.3 Å². The number of nitrogens with zero attached hydrogens (tertiary/aromatic N) is 4. The number of carbonyl (C=O) groups excluding carboxylic acids is 3. The Hall–Kier alpha value is -4.50. The average molecular weight is 598 g/mol. The molecule has 15 heteroatoms. The van der Waals surface area contributed by atoms with Crippen molar-refractivity contribution in [3.8, 4) is 0 Å². The number of rotatable bonds is 8. The minimum Gasteiger partial charge on any atom is -0.463 e. The molecule has 5 rings (SSSR count). The van der Waals surface area contributed by atoms with Crippen LogP contribution in [-0.4, -0.2) is 51.0 Å². The highest BCUT2D eigenvalue weighted by molar-refractivity contribution is 8.15. The molecule has 2 aromatic heterocycles. The van der Waals surface area contributed by atoms with Gasteiger partial charge in [0.15, 0.2) is 10.3 Å². The predicted octanol–water partition coefficient (Wildman–Crippen LogP) is 3.98. The fourth-order valence-corrected chi connectivity index (χ4v) is 5.01. The summed E-state index contributed by atoms with van der Waals surface area (Å²) in [5.41, 5.74) is 0.465. The zero-order chi connectivity index (χ0) is 29.0. The van der Waals surface area contributed by atoms with E-state index in [1.807, 2.05) is 6.92 Å². The van der Waals surface area contributed by atoms with Gasteiger partial charge in [-0.1, -0.05) is 30.4 Å². The van der Waals surface area contributed by atoms with Crippen molar-refractivity contribution >= 4 is 69.7 Å². The van der Waals surface area contributed by atoms with E-state index in [1.54, 1.807) is 30.5 Å². The third-order valence-corrected chi connectivity index (χ3v) is 7.49. The van der Waals surface area contributed by atoms with Gasteiger partial charge in [0.25, 0.3) is 0 Å². The number of hydrogen-bond donors (Lipinski definition) is 3. The van der Waals surface area contributed by atoms with Gasteiger partial charge in [-0.25, -0.2) is 4.39 Å². The van der Waals surface area contributed by atoms with Crippen molar-refractivity contribution in [3.05, 3.63) is 78.4 Å². The molecule has 1 aromatic carbocycles. The van der Waals surface area contributed by atoms with E-state index in [0.717, 1.165) is 18.2 Å². The van der Waals surface area contributed by atoms with Gasteiger partial charge in [-0.05, 0) is 55.0 Å². The van der Waals surface area contributed by atoms with Crippen molar-refractivity contribution in [2.45, 2.75) is 30.3 Å². The molecule has 2 saturated heterocycles. The summed E-state index contributed by atoms with van der Waals surface area (Å²) < 4.78 is 23.0. The first-order valence-electron chi connectivity index (χ1n) is 12.2. The van der Waals surface area contributed by atoms with Crippen LogP contribution in [0.1, 0.15) is 31.3 Å². The standard InChI is InChI=1S/C16H13FN4O3S.C10H11N3O2S/c17-10-3-5-11(6-4-10)19-14(22)8-13-15(23)20-16(25-13)21-18-9-12-2-1-7-24-12;1-2-8-9(14)12-10(16-8)13-11-6-7-4-3-5-15-7/h1-7,9,13H,8H2,(H,19,22)(H,20,21,23);3-6,8H,2H2,1H3,(H,12,13,14)/b18-9-;11-6-. The van der Waals surface area contributed by atoms with Crippen LogP contribution in [-0.2, 0) is 14.4 Å². The van der Waals surface area contributed by atoms with E-state index in [4.69, 9.17) is 8.83 Å². The van der Waals surface area contributed by atoms with Crippen molar-refractivity contribution in [3.63, 3.8) is 0 Å². The van der Waals surface area contributed by atoms with E-state index in [2.05, 4.69) is 36.4 Å². The van der Waals surface area contributed by atoms with Crippen LogP contribution >= 0.6 is 23.5 Å². The Labute approximate surface area is 242 Å². The molecule has 0 aliphatic carbocycles. The van der Waals surface area contributed by atoms with Gasteiger partial charge in [-0.15, -0.1) is 10.2 Å². The number of benzene rings is 1. The van der Waals surface area contributed by atoms with Crippen LogP contribution in [0.2, 0.25) is 0 Å². The summed E-state index contributed by atoms with van der Waals surface area (Å²) in [7, 11) is 0. The third-order valence-electron chi connectivity index (χ3n) is 5.18. The molecule has 4 heterocycles. The maximum Gasteiger partial charge on any atom is 0.240 e. The Morgan fingerprint density at radius 3 is 1.93 bits per heavy atom. The van der Waals surface area contributed by atoms with Crippen LogP contribution in [0.25, 0.3) is 0 Å². The number of hydrogen-bond acceptors (Lipinski definition) is 11. The summed E-state index contributed by atoms with van der Waals surface area (Å²) in [6.45, 7) is 1.96. The Morgan fingerprint density at radius 1 is 0.902 bits per heavy atom. The lowest BCUT2D eigenvalue weighted by Crippen LogP contribution is -2.28. The molecule has 41 heavy (non-hydrogen) atoms. The first-order chi connectivity index (χ1) is 19.9. The first kappa shape index (κ1) is 29.5. The highest BCUT2D eigenvalue weighted by atomic mass is 32.2. The number of nitrogens with one attached hydrogen (secondary N) is 3. The van der Waals surface area contributed by atoms with Crippen molar-refractivity contribution in [1.29, 1.82) is 0 Å². The SMILES string of the molecule is CCC1S/C(=N/N=C\c2ccco2)NC1=O.O=C(CC1S/C(=N/N=C\c2ccco2)NC1=O)Nc1ccc(F)cc1. The third kappa shape index (κ3) is 9.29. The first-order valence-corrected chi connectivity index (χ1v) is 13.9. The van der Waals surface area contributed by atoms with E-state index >= 15 is 0 Å². The van der Waals surface area contributed by atoms with Gasteiger partial charge < -0.3 is 24.8 Å². The quantitative estimate of drug-likeness (QED) is 0.261. The number of thioether (sulfide) groups is 2. The lowest BCUT2D eigenvalue weighted by Gasteiger charge is -2.07. The van der Waals surface area contributed by atoms with Crippen LogP contribution < -0.4 is 16.0 Å². The van der Waals surface area contributed by atoms with Crippen molar-refractivity contribution in [2.24, 2.45) is 20.4 Å². The Bertz CT molecular complexity index is 1460. The number of carbonyl (C=O) groups is 3. The molecule has 3 aromatic rings. The van der Waals surface area contributed by atoms with Gasteiger partial charge >= 0.3 is 0 Å². The Morgan fingerprint density at radius 2 is 1.44 bits per heavy atom. The van der Waals surface area contributed by atoms with Crippen molar-refractivity contribution < 1.29 is 27.6 Å². The monoisotopic (exact) mass is 597 g/mol. The van der Waals surface area contributed by atoms with Crippen molar-refractivity contribution in [1.82, 2.24) is 10.6 Å². The fraction of sp³-hybridized carbons (Fsp3) is 0.192. The van der Waals surface area contributed by atoms with Crippen LogP contribution in [0.5, 0.6) is 0 Å². The molecular weight excluding hydrogens is 573 g/mol. The molecular formula is C26H24FN7O5S2. The molecule has 2 fully saturated rings. The Kier molecular flexibility index (Phi) is 10.6. The van der Waals surface area contributed by atoms with E-state index in [1.165, 1.54) is 54.7 Å². The molecule has 2 aliphatic heterocycles. The molecule has 2 atom stereocenters. The van der Waals surface area contributed by atoms with Gasteiger partial charge in [-0.2, -0.15) is 10.2 Å². The second-order valence-electron chi connectivity index (χ2n) is 8.19. The van der Waals surface area contributed by atoms with E-state index in [9.17, 15) is 18.8 Å². The average Bonchev–Trinajstić information content (AvgIpc) is 3.76. The highest BCUT2D eigenvalue weighted by Gasteiger charge is 2.32. The molecule has 2 aliphatic rings. The minimum atomic E-state index is -0.599. The molecule has 0 radical (unpaired) electrons. The van der Waals surface area contributed by atoms with E-state index in [-0.39, 0.29) is 35.2 Å². The van der Waals surface area contributed by atoms with Gasteiger partial charge in [0, 0.05) is 12.1 Å². The largest absolute Gasteiger partial charge is 0.463 e. The van der Waals surface area contributed by atoms with E-state index in [0.29, 0.717) is 27.5 Å². The molecule has 0 bridgehead atoms. The summed E-state index contributed by atoms with van der Waals surface area (Å²) in [4.78, 5) is 35.2. The summed E-state index contributed by atoms with van der Waals surface area (Å²) in [6.07, 6.45) is 6.74. The zero-order valence-electron chi connectivity index (χ0n) is 21.5. The molecule has 2 unspecified atom stereocenters. The van der Waals surface area contributed by atoms with Gasteiger partial charge in [0.05, 0.1) is 30.2 Å². The normalized spacial score (nSPS) is 20.4. The zero-order valence-corrected chi connectivity index (χ0v) is 23.2. The molecule has 0 spiro atoms. The van der Waals surface area contributed by atoms with Gasteiger partial charge in [0.2, 0.25) is 17.7 Å². The van der Waals surface area contributed by atoms with E-state index < -0.39 is 5.25 Å². The fourth-order valence-electron chi connectivity index (χ4n) is 3.23. The number of furan rings is 2. The maximum absolute atomic E-state index is 12.8. The van der Waals surface area contributed by atoms with Gasteiger partial charge in [-0.3, -0.25) is 14.4 Å². The lowest BCUT2D eigenvalue weighted by atomic mass is 10.2. The van der Waals surface area contributed by atoms with Crippen LogP contribution in [0.3, 0.4) is 0 Å². The lowest BCUT2D eigenvalue weighted by molar-refractivity contribution is -0.122. The molecule has 212 valence electrons. The molecule has 0 saturated carbocycles. The summed E-state index contributed by atoms with van der Waals surface area (Å²) >= 11 is 2.52. The number of halogens is 1. The maximum atomic E-state index is 12.8.